The second-order valence-electron chi connectivity index (χ2n) is 8.06. The number of para-hydroxylation sites is 1. The number of amides is 1. The van der Waals surface area contributed by atoms with E-state index < -0.39 is 10.8 Å². The van der Waals surface area contributed by atoms with E-state index in [9.17, 15) is 19.7 Å². The third-order valence-corrected chi connectivity index (χ3v) is 6.90. The molecule has 33 heavy (non-hydrogen) atoms. The normalized spacial score (nSPS) is 18.2. The number of Topliss-reactive ketones (excluding diaryl/α,β-unsaturated/α-hetero) is 1. The van der Waals surface area contributed by atoms with Crippen LogP contribution in [0.5, 0.6) is 0 Å². The molecule has 2 heterocycles. The maximum Gasteiger partial charge on any atom is 0.269 e. The summed E-state index contributed by atoms with van der Waals surface area (Å²) in [6.07, 6.45) is 1.81. The summed E-state index contributed by atoms with van der Waals surface area (Å²) in [7, 11) is 0. The van der Waals surface area contributed by atoms with Gasteiger partial charge in [-0.05, 0) is 37.5 Å². The maximum absolute atomic E-state index is 13.5. The zero-order valence-electron chi connectivity index (χ0n) is 17.8. The van der Waals surface area contributed by atoms with Crippen molar-refractivity contribution in [1.29, 1.82) is 0 Å². The number of nitrogens with zero attached hydrogens (tertiary/aromatic N) is 2. The van der Waals surface area contributed by atoms with Crippen molar-refractivity contribution in [2.75, 3.05) is 5.32 Å². The highest BCUT2D eigenvalue weighted by Gasteiger charge is 2.39. The summed E-state index contributed by atoms with van der Waals surface area (Å²) in [5.74, 6) is -1.12. The fourth-order valence-corrected chi connectivity index (χ4v) is 5.39. The molecule has 0 unspecified atom stereocenters. The number of anilines is 1. The lowest BCUT2D eigenvalue weighted by Gasteiger charge is -2.34. The predicted molar refractivity (Wildman–Crippen MR) is 126 cm³/mol. The fourth-order valence-electron chi connectivity index (χ4n) is 4.53. The number of allylic oxidation sites excluding steroid dienone is 3. The summed E-state index contributed by atoms with van der Waals surface area (Å²) in [6.45, 7) is 1.79. The van der Waals surface area contributed by atoms with Crippen molar-refractivity contribution >= 4 is 44.1 Å². The van der Waals surface area contributed by atoms with Gasteiger partial charge < -0.3 is 5.32 Å². The molecule has 1 aliphatic carbocycles. The van der Waals surface area contributed by atoms with Gasteiger partial charge in [-0.15, -0.1) is 0 Å². The van der Waals surface area contributed by atoms with E-state index in [0.717, 1.165) is 22.3 Å². The Kier molecular flexibility index (Phi) is 5.26. The monoisotopic (exact) mass is 460 g/mol. The number of fused-ring (bicyclic) bond motifs is 1. The fraction of sp³-hybridized carbons (Fsp3) is 0.208. The Hall–Kier alpha value is -3.85. The summed E-state index contributed by atoms with van der Waals surface area (Å²) in [5, 5.41) is 18.0. The summed E-state index contributed by atoms with van der Waals surface area (Å²) in [6, 6.07) is 13.8. The van der Waals surface area contributed by atoms with Crippen LogP contribution in [-0.4, -0.2) is 21.6 Å². The highest BCUT2D eigenvalue weighted by molar-refractivity contribution is 7.22. The topological polar surface area (TPSA) is 114 Å². The van der Waals surface area contributed by atoms with Crippen LogP contribution >= 0.6 is 11.3 Å². The first kappa shape index (κ1) is 21.0. The van der Waals surface area contributed by atoms with Gasteiger partial charge in [0.15, 0.2) is 10.9 Å². The largest absolute Gasteiger partial charge is 0.362 e. The lowest BCUT2D eigenvalue weighted by molar-refractivity contribution is -0.384. The smallest absolute Gasteiger partial charge is 0.269 e. The van der Waals surface area contributed by atoms with Gasteiger partial charge in [-0.1, -0.05) is 35.6 Å². The Morgan fingerprint density at radius 1 is 1.21 bits per heavy atom. The van der Waals surface area contributed by atoms with E-state index in [1.807, 2.05) is 24.3 Å². The van der Waals surface area contributed by atoms with Crippen molar-refractivity contribution in [2.24, 2.45) is 0 Å². The number of thiazole rings is 1. The molecule has 2 aliphatic rings. The molecule has 2 N–H and O–H groups in total. The van der Waals surface area contributed by atoms with E-state index >= 15 is 0 Å². The molecule has 5 rings (SSSR count). The van der Waals surface area contributed by atoms with Crippen LogP contribution in [0.1, 0.15) is 37.7 Å². The molecule has 0 bridgehead atoms. The number of hydrogen-bond acceptors (Lipinski definition) is 7. The quantitative estimate of drug-likeness (QED) is 0.427. The van der Waals surface area contributed by atoms with E-state index in [-0.39, 0.29) is 17.4 Å². The number of rotatable bonds is 4. The molecule has 8 nitrogen and oxygen atoms in total. The number of nitro groups is 1. The highest BCUT2D eigenvalue weighted by atomic mass is 32.1. The molecule has 0 saturated heterocycles. The molecule has 166 valence electrons. The summed E-state index contributed by atoms with van der Waals surface area (Å²) in [4.78, 5) is 41.9. The average molecular weight is 461 g/mol. The molecule has 1 atom stereocenters. The Bertz CT molecular complexity index is 1350. The second kappa shape index (κ2) is 8.25. The van der Waals surface area contributed by atoms with Gasteiger partial charge in [-0.3, -0.25) is 25.0 Å². The Morgan fingerprint density at radius 3 is 2.82 bits per heavy atom. The van der Waals surface area contributed by atoms with Crippen molar-refractivity contribution < 1.29 is 14.5 Å². The molecule has 1 aromatic heterocycles. The number of carbonyl (C=O) groups excluding carboxylic acids is 2. The average Bonchev–Trinajstić information content (AvgIpc) is 3.20. The van der Waals surface area contributed by atoms with Crippen molar-refractivity contribution in [3.05, 3.63) is 86.7 Å². The van der Waals surface area contributed by atoms with Gasteiger partial charge >= 0.3 is 0 Å². The standard InChI is InChI=1S/C24H20N4O4S/c1-13-20(23(30)27-24-26-16-8-2-3-11-19(16)33-24)21(14-6-4-7-15(12-14)28(31)32)22-17(25-13)9-5-10-18(22)29/h2-4,6-8,11-12,21,25H,5,9-10H2,1H3,(H,26,27,30)/t21-/m1/s1. The van der Waals surface area contributed by atoms with Crippen LogP contribution in [0.25, 0.3) is 10.2 Å². The molecule has 0 spiro atoms. The summed E-state index contributed by atoms with van der Waals surface area (Å²) < 4.78 is 0.947. The van der Waals surface area contributed by atoms with Gasteiger partial charge in [0.2, 0.25) is 0 Å². The second-order valence-corrected chi connectivity index (χ2v) is 9.09. The van der Waals surface area contributed by atoms with Crippen molar-refractivity contribution in [2.45, 2.75) is 32.1 Å². The molecule has 0 fully saturated rings. The van der Waals surface area contributed by atoms with E-state index in [1.165, 1.54) is 23.5 Å². The molecule has 9 heteroatoms. The minimum atomic E-state index is -0.691. The number of carbonyl (C=O) groups is 2. The van der Waals surface area contributed by atoms with Crippen LogP contribution in [0.2, 0.25) is 0 Å². The minimum absolute atomic E-state index is 0.0435. The maximum atomic E-state index is 13.5. The first-order chi connectivity index (χ1) is 15.9. The van der Waals surface area contributed by atoms with Gasteiger partial charge in [0, 0.05) is 47.0 Å². The highest BCUT2D eigenvalue weighted by Crippen LogP contribution is 2.43. The van der Waals surface area contributed by atoms with Crippen molar-refractivity contribution in [3.63, 3.8) is 0 Å². The van der Waals surface area contributed by atoms with E-state index in [2.05, 4.69) is 15.6 Å². The van der Waals surface area contributed by atoms with Crippen molar-refractivity contribution in [1.82, 2.24) is 10.3 Å². The number of nitro benzene ring substituents is 1. The number of dihydropyridines is 1. The molecule has 0 radical (unpaired) electrons. The molecule has 2 aromatic carbocycles. The van der Waals surface area contributed by atoms with Gasteiger partial charge in [0.1, 0.15) is 0 Å². The SMILES string of the molecule is CC1=C(C(=O)Nc2nc3ccccc3s2)[C@@H](c2cccc([N+](=O)[O-])c2)C2=C(CCCC2=O)N1. The molecular formula is C24H20N4O4S. The van der Waals surface area contributed by atoms with Crippen molar-refractivity contribution in [3.8, 4) is 0 Å². The Morgan fingerprint density at radius 2 is 2.03 bits per heavy atom. The van der Waals surface area contributed by atoms with Gasteiger partial charge in [0.25, 0.3) is 11.6 Å². The van der Waals surface area contributed by atoms with E-state index in [0.29, 0.717) is 40.4 Å². The minimum Gasteiger partial charge on any atom is -0.362 e. The van der Waals surface area contributed by atoms with Crippen LogP contribution in [0, 0.1) is 10.1 Å². The predicted octanol–water partition coefficient (Wildman–Crippen LogP) is 4.81. The zero-order valence-corrected chi connectivity index (χ0v) is 18.6. The lowest BCUT2D eigenvalue weighted by Crippen LogP contribution is -2.35. The lowest BCUT2D eigenvalue weighted by atomic mass is 9.75. The Balaban J connectivity index is 1.59. The molecule has 3 aromatic rings. The third kappa shape index (κ3) is 3.80. The number of non-ortho nitro benzene ring substituents is 1. The van der Waals surface area contributed by atoms with Crippen LogP contribution < -0.4 is 10.6 Å². The van der Waals surface area contributed by atoms with Crippen LogP contribution in [0.3, 0.4) is 0 Å². The molecule has 1 aliphatic heterocycles. The first-order valence-electron chi connectivity index (χ1n) is 10.6. The van der Waals surface area contributed by atoms with E-state index in [4.69, 9.17) is 0 Å². The van der Waals surface area contributed by atoms with Crippen LogP contribution in [0.4, 0.5) is 10.8 Å². The van der Waals surface area contributed by atoms with Crippen LogP contribution in [0.15, 0.2) is 71.1 Å². The number of benzene rings is 2. The Labute approximate surface area is 193 Å². The summed E-state index contributed by atoms with van der Waals surface area (Å²) >= 11 is 1.36. The molecular weight excluding hydrogens is 440 g/mol. The zero-order chi connectivity index (χ0) is 23.1. The number of aromatic nitrogens is 1. The van der Waals surface area contributed by atoms with Gasteiger partial charge in [-0.2, -0.15) is 0 Å². The van der Waals surface area contributed by atoms with Gasteiger partial charge in [-0.25, -0.2) is 4.98 Å². The number of ketones is 1. The molecule has 0 saturated carbocycles. The summed E-state index contributed by atoms with van der Waals surface area (Å²) in [5.41, 5.74) is 3.54. The van der Waals surface area contributed by atoms with Crippen LogP contribution in [-0.2, 0) is 9.59 Å². The van der Waals surface area contributed by atoms with E-state index in [1.54, 1.807) is 19.1 Å². The van der Waals surface area contributed by atoms with Gasteiger partial charge in [0.05, 0.1) is 15.1 Å². The number of nitrogens with one attached hydrogen (secondary N) is 2. The first-order valence-corrected chi connectivity index (χ1v) is 11.4. The number of hydrogen-bond donors (Lipinski definition) is 2. The third-order valence-electron chi connectivity index (χ3n) is 5.95. The molecule has 1 amide bonds.